The number of carbonyl (C=O) groups excluding carboxylic acids is 1. The first-order valence-electron chi connectivity index (χ1n) is 7.05. The van der Waals surface area contributed by atoms with E-state index in [2.05, 4.69) is 10.3 Å². The van der Waals surface area contributed by atoms with Crippen LogP contribution in [-0.4, -0.2) is 32.2 Å². The zero-order valence-electron chi connectivity index (χ0n) is 12.9. The maximum Gasteiger partial charge on any atom is 0.256 e. The zero-order valence-corrected chi connectivity index (χ0v) is 13.8. The number of aromatic nitrogens is 1. The molecule has 0 aliphatic carbocycles. The summed E-state index contributed by atoms with van der Waals surface area (Å²) in [5, 5.41) is 2.69. The van der Waals surface area contributed by atoms with Crippen LogP contribution in [0.25, 0.3) is 0 Å². The molecular weight excluding hydrogens is 316 g/mol. The van der Waals surface area contributed by atoms with E-state index < -0.39 is 9.84 Å². The molecule has 0 saturated heterocycles. The zero-order chi connectivity index (χ0) is 16.9. The quantitative estimate of drug-likeness (QED) is 0.876. The Morgan fingerprint density at radius 3 is 2.52 bits per heavy atom. The van der Waals surface area contributed by atoms with Gasteiger partial charge in [0.15, 0.2) is 21.4 Å². The molecule has 1 N–H and O–H groups in total. The number of benzene rings is 1. The van der Waals surface area contributed by atoms with Gasteiger partial charge in [-0.15, -0.1) is 0 Å². The summed E-state index contributed by atoms with van der Waals surface area (Å²) < 4.78 is 27.9. The lowest BCUT2D eigenvalue weighted by Crippen LogP contribution is -2.14. The monoisotopic (exact) mass is 334 g/mol. The van der Waals surface area contributed by atoms with E-state index in [4.69, 9.17) is 4.74 Å². The van der Waals surface area contributed by atoms with Crippen LogP contribution in [0.15, 0.2) is 42.6 Å². The molecule has 0 saturated carbocycles. The van der Waals surface area contributed by atoms with Crippen molar-refractivity contribution in [1.82, 2.24) is 4.98 Å². The first kappa shape index (κ1) is 17.0. The molecule has 1 aromatic heterocycles. The van der Waals surface area contributed by atoms with Crippen LogP contribution in [-0.2, 0) is 15.6 Å². The van der Waals surface area contributed by atoms with Gasteiger partial charge in [-0.1, -0.05) is 12.1 Å². The molecule has 0 fully saturated rings. The van der Waals surface area contributed by atoms with Crippen LogP contribution in [0.5, 0.6) is 5.75 Å². The lowest BCUT2D eigenvalue weighted by atomic mass is 10.1. The number of amides is 1. The molecule has 7 heteroatoms. The van der Waals surface area contributed by atoms with Crippen molar-refractivity contribution in [2.24, 2.45) is 0 Å². The van der Waals surface area contributed by atoms with E-state index in [9.17, 15) is 13.2 Å². The largest absolute Gasteiger partial charge is 0.490 e. The van der Waals surface area contributed by atoms with E-state index in [1.165, 1.54) is 6.26 Å². The van der Waals surface area contributed by atoms with E-state index in [1.54, 1.807) is 42.6 Å². The highest BCUT2D eigenvalue weighted by Crippen LogP contribution is 2.21. The number of rotatable bonds is 6. The lowest BCUT2D eigenvalue weighted by Gasteiger charge is -2.10. The molecule has 0 radical (unpaired) electrons. The summed E-state index contributed by atoms with van der Waals surface area (Å²) in [6.07, 6.45) is 2.73. The maximum atomic E-state index is 12.2. The van der Waals surface area contributed by atoms with Crippen molar-refractivity contribution in [2.45, 2.75) is 12.7 Å². The Morgan fingerprint density at radius 1 is 1.22 bits per heavy atom. The predicted molar refractivity (Wildman–Crippen MR) is 88.3 cm³/mol. The summed E-state index contributed by atoms with van der Waals surface area (Å²) in [6, 6.07) is 9.86. The van der Waals surface area contributed by atoms with Gasteiger partial charge < -0.3 is 10.1 Å². The van der Waals surface area contributed by atoms with Crippen molar-refractivity contribution in [2.75, 3.05) is 18.2 Å². The number of pyridine rings is 1. The summed E-state index contributed by atoms with van der Waals surface area (Å²) in [5.74, 6) is 0.455. The second-order valence-electron chi connectivity index (χ2n) is 5.00. The van der Waals surface area contributed by atoms with Gasteiger partial charge in [-0.25, -0.2) is 13.4 Å². The molecular formula is C16H18N2O4S. The van der Waals surface area contributed by atoms with Gasteiger partial charge in [0.05, 0.1) is 12.4 Å². The highest BCUT2D eigenvalue weighted by atomic mass is 32.2. The van der Waals surface area contributed by atoms with Gasteiger partial charge in [-0.2, -0.15) is 0 Å². The third kappa shape index (κ3) is 5.07. The van der Waals surface area contributed by atoms with Crippen LogP contribution in [0.3, 0.4) is 0 Å². The Morgan fingerprint density at radius 2 is 1.91 bits per heavy atom. The molecule has 2 rings (SSSR count). The molecule has 0 spiro atoms. The summed E-state index contributed by atoms with van der Waals surface area (Å²) in [5.41, 5.74) is 1.05. The molecule has 23 heavy (non-hydrogen) atoms. The van der Waals surface area contributed by atoms with Gasteiger partial charge in [0, 0.05) is 18.0 Å². The Bertz CT molecular complexity index is 786. The average molecular weight is 334 g/mol. The van der Waals surface area contributed by atoms with Crippen LogP contribution in [0.2, 0.25) is 0 Å². The summed E-state index contributed by atoms with van der Waals surface area (Å²) >= 11 is 0. The molecule has 0 atom stereocenters. The summed E-state index contributed by atoms with van der Waals surface area (Å²) in [4.78, 5) is 16.3. The minimum absolute atomic E-state index is 0.0520. The fraction of sp³-hybridized carbons (Fsp3) is 0.250. The summed E-state index contributed by atoms with van der Waals surface area (Å²) in [7, 11) is -3.10. The fourth-order valence-electron chi connectivity index (χ4n) is 1.99. The van der Waals surface area contributed by atoms with Gasteiger partial charge in [0.1, 0.15) is 0 Å². The van der Waals surface area contributed by atoms with Crippen molar-refractivity contribution in [3.8, 4) is 5.75 Å². The Labute approximate surface area is 135 Å². The molecule has 1 amide bonds. The van der Waals surface area contributed by atoms with Crippen LogP contribution < -0.4 is 10.1 Å². The minimum atomic E-state index is -3.10. The maximum absolute atomic E-state index is 12.2. The van der Waals surface area contributed by atoms with Crippen LogP contribution >= 0.6 is 0 Å². The molecule has 0 aliphatic rings. The van der Waals surface area contributed by atoms with Crippen molar-refractivity contribution < 1.29 is 17.9 Å². The van der Waals surface area contributed by atoms with E-state index in [-0.39, 0.29) is 11.7 Å². The van der Waals surface area contributed by atoms with Crippen molar-refractivity contribution in [3.63, 3.8) is 0 Å². The standard InChI is InChI=1S/C16H18N2O4S/c1-3-22-14-5-4-10-17-15(14)18-16(19)13-8-6-12(7-9-13)11-23(2,20)21/h4-10H,3,11H2,1-2H3,(H,17,18,19). The fourth-order valence-corrected chi connectivity index (χ4v) is 2.79. The number of nitrogens with one attached hydrogen (secondary N) is 1. The van der Waals surface area contributed by atoms with Crippen LogP contribution in [0.4, 0.5) is 5.82 Å². The molecule has 1 aromatic carbocycles. The first-order chi connectivity index (χ1) is 10.9. The average Bonchev–Trinajstić information content (AvgIpc) is 2.48. The van der Waals surface area contributed by atoms with Gasteiger partial charge in [-0.3, -0.25) is 4.79 Å². The SMILES string of the molecule is CCOc1cccnc1NC(=O)c1ccc(CS(C)(=O)=O)cc1. The van der Waals surface area contributed by atoms with Gasteiger partial charge in [-0.05, 0) is 36.8 Å². The number of nitrogens with zero attached hydrogens (tertiary/aromatic N) is 1. The number of hydrogen-bond acceptors (Lipinski definition) is 5. The van der Waals surface area contributed by atoms with Crippen molar-refractivity contribution >= 4 is 21.6 Å². The lowest BCUT2D eigenvalue weighted by molar-refractivity contribution is 0.102. The van der Waals surface area contributed by atoms with Crippen LogP contribution in [0, 0.1) is 0 Å². The number of hydrogen-bond donors (Lipinski definition) is 1. The second kappa shape index (κ2) is 7.23. The smallest absolute Gasteiger partial charge is 0.256 e. The molecule has 2 aromatic rings. The number of ether oxygens (including phenoxy) is 1. The number of carbonyl (C=O) groups is 1. The summed E-state index contributed by atoms with van der Waals surface area (Å²) in [6.45, 7) is 2.31. The second-order valence-corrected chi connectivity index (χ2v) is 7.14. The predicted octanol–water partition coefficient (Wildman–Crippen LogP) is 2.28. The highest BCUT2D eigenvalue weighted by Gasteiger charge is 2.11. The third-order valence-corrected chi connectivity index (χ3v) is 3.81. The Balaban J connectivity index is 2.12. The van der Waals surface area contributed by atoms with Gasteiger partial charge in [0.25, 0.3) is 5.91 Å². The number of sulfone groups is 1. The topological polar surface area (TPSA) is 85.4 Å². The minimum Gasteiger partial charge on any atom is -0.490 e. The van der Waals surface area contributed by atoms with Gasteiger partial charge >= 0.3 is 0 Å². The molecule has 6 nitrogen and oxygen atoms in total. The molecule has 1 heterocycles. The van der Waals surface area contributed by atoms with Gasteiger partial charge in [0.2, 0.25) is 0 Å². The molecule has 0 unspecified atom stereocenters. The Kier molecular flexibility index (Phi) is 5.33. The van der Waals surface area contributed by atoms with Crippen LogP contribution in [0.1, 0.15) is 22.8 Å². The third-order valence-electron chi connectivity index (χ3n) is 2.95. The van der Waals surface area contributed by atoms with E-state index in [0.29, 0.717) is 29.3 Å². The van der Waals surface area contributed by atoms with E-state index in [1.807, 2.05) is 6.92 Å². The normalized spacial score (nSPS) is 11.0. The van der Waals surface area contributed by atoms with Crippen molar-refractivity contribution in [3.05, 3.63) is 53.7 Å². The number of anilines is 1. The van der Waals surface area contributed by atoms with E-state index >= 15 is 0 Å². The Hall–Kier alpha value is -2.41. The van der Waals surface area contributed by atoms with E-state index in [0.717, 1.165) is 0 Å². The molecule has 0 aliphatic heterocycles. The van der Waals surface area contributed by atoms with Crippen molar-refractivity contribution in [1.29, 1.82) is 0 Å². The highest BCUT2D eigenvalue weighted by molar-refractivity contribution is 7.89. The molecule has 0 bridgehead atoms. The first-order valence-corrected chi connectivity index (χ1v) is 9.11. The molecule has 122 valence electrons.